The van der Waals surface area contributed by atoms with E-state index in [4.69, 9.17) is 5.11 Å². The molecule has 0 radical (unpaired) electrons. The second-order valence-corrected chi connectivity index (χ2v) is 4.70. The van der Waals surface area contributed by atoms with Gasteiger partial charge in [-0.05, 0) is 36.6 Å². The number of amides is 1. The molecule has 1 aliphatic rings. The number of anilines is 1. The number of rotatable bonds is 3. The molecule has 0 saturated carbocycles. The number of nitrogens with zero attached hydrogens (tertiary/aromatic N) is 1. The van der Waals surface area contributed by atoms with Gasteiger partial charge in [0.1, 0.15) is 0 Å². The Morgan fingerprint density at radius 3 is 2.78 bits per heavy atom. The van der Waals surface area contributed by atoms with Crippen LogP contribution in [-0.2, 0) is 11.2 Å². The van der Waals surface area contributed by atoms with E-state index in [1.165, 1.54) is 0 Å². The Morgan fingerprint density at radius 2 is 2.17 bits per heavy atom. The van der Waals surface area contributed by atoms with Gasteiger partial charge in [-0.1, -0.05) is 13.8 Å². The number of fused-ring (bicyclic) bond motifs is 1. The molecular weight excluding hydrogens is 230 g/mol. The Hall–Kier alpha value is -1.84. The summed E-state index contributed by atoms with van der Waals surface area (Å²) in [7, 11) is 0. The summed E-state index contributed by atoms with van der Waals surface area (Å²) in [5.41, 5.74) is 2.10. The van der Waals surface area contributed by atoms with Crippen molar-refractivity contribution >= 4 is 17.6 Å². The van der Waals surface area contributed by atoms with E-state index in [-0.39, 0.29) is 17.4 Å². The van der Waals surface area contributed by atoms with E-state index in [0.717, 1.165) is 24.1 Å². The molecule has 0 aromatic heterocycles. The van der Waals surface area contributed by atoms with Crippen LogP contribution in [-0.4, -0.2) is 23.5 Å². The van der Waals surface area contributed by atoms with E-state index >= 15 is 0 Å². The molecule has 0 fully saturated rings. The smallest absolute Gasteiger partial charge is 0.335 e. The van der Waals surface area contributed by atoms with Crippen molar-refractivity contribution in [3.8, 4) is 0 Å². The maximum Gasteiger partial charge on any atom is 0.335 e. The average Bonchev–Trinajstić information content (AvgIpc) is 2.79. The fourth-order valence-corrected chi connectivity index (χ4v) is 2.20. The largest absolute Gasteiger partial charge is 0.478 e. The molecule has 0 saturated heterocycles. The minimum absolute atomic E-state index is 0.00935. The van der Waals surface area contributed by atoms with Crippen LogP contribution in [0.3, 0.4) is 0 Å². The zero-order valence-corrected chi connectivity index (χ0v) is 10.6. The zero-order valence-electron chi connectivity index (χ0n) is 10.6. The van der Waals surface area contributed by atoms with E-state index in [1.54, 1.807) is 23.1 Å². The Morgan fingerprint density at radius 1 is 1.44 bits per heavy atom. The van der Waals surface area contributed by atoms with Gasteiger partial charge in [0.05, 0.1) is 5.56 Å². The van der Waals surface area contributed by atoms with E-state index in [2.05, 4.69) is 0 Å². The van der Waals surface area contributed by atoms with Crippen LogP contribution >= 0.6 is 0 Å². The third kappa shape index (κ3) is 2.10. The number of benzene rings is 1. The topological polar surface area (TPSA) is 57.6 Å². The first-order chi connectivity index (χ1) is 8.54. The van der Waals surface area contributed by atoms with Crippen molar-refractivity contribution in [3.05, 3.63) is 29.3 Å². The van der Waals surface area contributed by atoms with Crippen LogP contribution in [0, 0.1) is 5.92 Å². The molecule has 1 aromatic rings. The van der Waals surface area contributed by atoms with Gasteiger partial charge in [0.25, 0.3) is 0 Å². The first-order valence-corrected chi connectivity index (χ1v) is 6.22. The number of hydrogen-bond donors (Lipinski definition) is 1. The van der Waals surface area contributed by atoms with Crippen molar-refractivity contribution in [2.24, 2.45) is 5.92 Å². The van der Waals surface area contributed by atoms with Crippen LogP contribution in [0.25, 0.3) is 0 Å². The Labute approximate surface area is 106 Å². The third-order valence-corrected chi connectivity index (χ3v) is 3.52. The molecule has 4 heteroatoms. The molecule has 96 valence electrons. The standard InChI is InChI=1S/C14H17NO3/c1-3-9(2)13(16)15-7-6-10-8-11(14(17)18)4-5-12(10)15/h4-5,8-9H,3,6-7H2,1-2H3,(H,17,18). The Balaban J connectivity index is 2.29. The first kappa shape index (κ1) is 12.6. The summed E-state index contributed by atoms with van der Waals surface area (Å²) in [6.45, 7) is 4.57. The molecule has 2 rings (SSSR count). The van der Waals surface area contributed by atoms with Crippen LogP contribution in [0.15, 0.2) is 18.2 Å². The van der Waals surface area contributed by atoms with Gasteiger partial charge in [-0.25, -0.2) is 4.79 Å². The molecule has 1 heterocycles. The highest BCUT2D eigenvalue weighted by atomic mass is 16.4. The van der Waals surface area contributed by atoms with Crippen LogP contribution in [0.2, 0.25) is 0 Å². The van der Waals surface area contributed by atoms with Crippen LogP contribution in [0.5, 0.6) is 0 Å². The molecule has 1 atom stereocenters. The zero-order chi connectivity index (χ0) is 13.3. The first-order valence-electron chi connectivity index (χ1n) is 6.22. The molecule has 4 nitrogen and oxygen atoms in total. The number of carbonyl (C=O) groups excluding carboxylic acids is 1. The summed E-state index contributed by atoms with van der Waals surface area (Å²) in [6.07, 6.45) is 1.55. The molecule has 18 heavy (non-hydrogen) atoms. The fourth-order valence-electron chi connectivity index (χ4n) is 2.20. The minimum Gasteiger partial charge on any atom is -0.478 e. The van der Waals surface area contributed by atoms with Crippen LogP contribution in [0.4, 0.5) is 5.69 Å². The predicted octanol–water partition coefficient (Wildman–Crippen LogP) is 2.32. The normalized spacial score (nSPS) is 15.3. The summed E-state index contributed by atoms with van der Waals surface area (Å²) in [5, 5.41) is 8.94. The predicted molar refractivity (Wildman–Crippen MR) is 68.9 cm³/mol. The SMILES string of the molecule is CCC(C)C(=O)N1CCc2cc(C(=O)O)ccc21. The molecule has 1 amide bonds. The molecule has 1 N–H and O–H groups in total. The van der Waals surface area contributed by atoms with Gasteiger partial charge in [0, 0.05) is 18.2 Å². The molecule has 1 aromatic carbocycles. The van der Waals surface area contributed by atoms with Crippen molar-refractivity contribution in [2.75, 3.05) is 11.4 Å². The number of carbonyl (C=O) groups is 2. The minimum atomic E-state index is -0.926. The molecule has 0 bridgehead atoms. The monoisotopic (exact) mass is 247 g/mol. The molecule has 0 aliphatic carbocycles. The highest BCUT2D eigenvalue weighted by Gasteiger charge is 2.27. The van der Waals surface area contributed by atoms with Gasteiger partial charge >= 0.3 is 5.97 Å². The third-order valence-electron chi connectivity index (χ3n) is 3.52. The fraction of sp³-hybridized carbons (Fsp3) is 0.429. The lowest BCUT2D eigenvalue weighted by molar-refractivity contribution is -0.121. The highest BCUT2D eigenvalue weighted by molar-refractivity contribution is 5.98. The van der Waals surface area contributed by atoms with Crippen molar-refractivity contribution in [1.29, 1.82) is 0 Å². The van der Waals surface area contributed by atoms with Gasteiger partial charge in [0.2, 0.25) is 5.91 Å². The van der Waals surface area contributed by atoms with E-state index in [0.29, 0.717) is 6.54 Å². The second-order valence-electron chi connectivity index (χ2n) is 4.70. The van der Waals surface area contributed by atoms with Gasteiger partial charge in [0.15, 0.2) is 0 Å². The van der Waals surface area contributed by atoms with Crippen molar-refractivity contribution in [2.45, 2.75) is 26.7 Å². The molecule has 1 unspecified atom stereocenters. The summed E-state index contributed by atoms with van der Waals surface area (Å²) < 4.78 is 0. The number of aromatic carboxylic acids is 1. The summed E-state index contributed by atoms with van der Waals surface area (Å²) in [5.74, 6) is -0.793. The Kier molecular flexibility index (Phi) is 3.36. The summed E-state index contributed by atoms with van der Waals surface area (Å²) in [4.78, 5) is 24.8. The van der Waals surface area contributed by atoms with Crippen molar-refractivity contribution in [1.82, 2.24) is 0 Å². The van der Waals surface area contributed by atoms with E-state index < -0.39 is 5.97 Å². The van der Waals surface area contributed by atoms with E-state index in [9.17, 15) is 9.59 Å². The number of carboxylic acids is 1. The van der Waals surface area contributed by atoms with Gasteiger partial charge in [-0.2, -0.15) is 0 Å². The van der Waals surface area contributed by atoms with Gasteiger partial charge < -0.3 is 10.0 Å². The van der Waals surface area contributed by atoms with Crippen molar-refractivity contribution in [3.63, 3.8) is 0 Å². The van der Waals surface area contributed by atoms with Crippen LogP contribution in [0.1, 0.15) is 36.2 Å². The van der Waals surface area contributed by atoms with E-state index in [1.807, 2.05) is 13.8 Å². The molecule has 0 spiro atoms. The second kappa shape index (κ2) is 4.80. The van der Waals surface area contributed by atoms with Gasteiger partial charge in [-0.15, -0.1) is 0 Å². The molecule has 1 aliphatic heterocycles. The molecular formula is C14H17NO3. The lowest BCUT2D eigenvalue weighted by Gasteiger charge is -2.20. The highest BCUT2D eigenvalue weighted by Crippen LogP contribution is 2.30. The quantitative estimate of drug-likeness (QED) is 0.891. The number of hydrogen-bond acceptors (Lipinski definition) is 2. The lowest BCUT2D eigenvalue weighted by atomic mass is 10.1. The van der Waals surface area contributed by atoms with Crippen LogP contribution < -0.4 is 4.90 Å². The summed E-state index contributed by atoms with van der Waals surface area (Å²) in [6, 6.07) is 4.97. The maximum atomic E-state index is 12.2. The summed E-state index contributed by atoms with van der Waals surface area (Å²) >= 11 is 0. The van der Waals surface area contributed by atoms with Gasteiger partial charge in [-0.3, -0.25) is 4.79 Å². The number of carboxylic acid groups (broad SMARTS) is 1. The lowest BCUT2D eigenvalue weighted by Crippen LogP contribution is -2.33. The average molecular weight is 247 g/mol. The van der Waals surface area contributed by atoms with Crippen molar-refractivity contribution < 1.29 is 14.7 Å². The Bertz CT molecular complexity index is 496. The maximum absolute atomic E-state index is 12.2.